The van der Waals surface area contributed by atoms with Gasteiger partial charge in [-0.05, 0) is 43.7 Å². The number of carbonyl (C=O) groups excluding carboxylic acids is 7. The van der Waals surface area contributed by atoms with Crippen molar-refractivity contribution in [2.45, 2.75) is 81.6 Å². The molecule has 0 unspecified atom stereocenters. The first kappa shape index (κ1) is 44.2. The fraction of sp³-hybridized carbons (Fsp3) is 0.514. The minimum Gasteiger partial charge on any atom is -0.481 e. The number of rotatable bonds is 10. The van der Waals surface area contributed by atoms with Crippen LogP contribution in [0.15, 0.2) is 35.5 Å². The van der Waals surface area contributed by atoms with Gasteiger partial charge in [-0.3, -0.25) is 43.3 Å². The molecule has 2 fully saturated rings. The van der Waals surface area contributed by atoms with Gasteiger partial charge in [0.15, 0.2) is 5.96 Å². The average molecular weight is 832 g/mol. The van der Waals surface area contributed by atoms with Crippen LogP contribution in [0.4, 0.5) is 0 Å². The van der Waals surface area contributed by atoms with Crippen LogP contribution in [0.3, 0.4) is 0 Å². The van der Waals surface area contributed by atoms with Crippen molar-refractivity contribution in [2.75, 3.05) is 31.1 Å². The summed E-state index contributed by atoms with van der Waals surface area (Å²) >= 11 is 0. The molecule has 4 rings (SSSR count). The summed E-state index contributed by atoms with van der Waals surface area (Å²) in [4.78, 5) is 114. The topological polar surface area (TPSA) is 326 Å². The number of guanidine groups is 1. The van der Waals surface area contributed by atoms with Gasteiger partial charge in [0.25, 0.3) is 0 Å². The lowest BCUT2D eigenvalue weighted by Gasteiger charge is -2.30. The van der Waals surface area contributed by atoms with Gasteiger partial charge in [0.1, 0.15) is 30.2 Å². The number of hydrogen-bond donors (Lipinski definition) is 10. The van der Waals surface area contributed by atoms with Crippen molar-refractivity contribution in [3.05, 3.63) is 36.0 Å². The van der Waals surface area contributed by atoms with Gasteiger partial charge < -0.3 is 58.8 Å². The number of benzene rings is 1. The number of carboxylic acids is 1. The molecule has 57 heavy (non-hydrogen) atoms. The maximum absolute atomic E-state index is 14.3. The quantitative estimate of drug-likeness (QED) is 0.0534. The molecule has 0 radical (unpaired) electrons. The van der Waals surface area contributed by atoms with Crippen LogP contribution in [0, 0.1) is 0 Å². The molecule has 13 N–H and O–H groups in total. The van der Waals surface area contributed by atoms with E-state index in [0.29, 0.717) is 24.8 Å². The van der Waals surface area contributed by atoms with Crippen LogP contribution < -0.4 is 43.8 Å². The molecule has 0 spiro atoms. The van der Waals surface area contributed by atoms with Crippen LogP contribution in [-0.2, 0) is 44.8 Å². The van der Waals surface area contributed by atoms with Gasteiger partial charge in [-0.15, -0.1) is 0 Å². The number of nitrogens with zero attached hydrogens (tertiary/aromatic N) is 2. The highest BCUT2D eigenvalue weighted by molar-refractivity contribution is 8.76. The maximum atomic E-state index is 14.3. The third-order valence-corrected chi connectivity index (χ3v) is 11.7. The number of carbonyl (C=O) groups is 8. The summed E-state index contributed by atoms with van der Waals surface area (Å²) in [6.45, 7) is -0.233. The van der Waals surface area contributed by atoms with Crippen molar-refractivity contribution in [3.8, 4) is 0 Å². The highest BCUT2D eigenvalue weighted by Gasteiger charge is 2.40. The Morgan fingerprint density at radius 3 is 2.37 bits per heavy atom. The predicted octanol–water partition coefficient (Wildman–Crippen LogP) is -2.05. The van der Waals surface area contributed by atoms with Crippen molar-refractivity contribution < 1.29 is 43.5 Å². The highest BCUT2D eigenvalue weighted by Crippen LogP contribution is 2.25. The number of aromatic nitrogens is 1. The van der Waals surface area contributed by atoms with Crippen molar-refractivity contribution in [1.82, 2.24) is 36.5 Å². The molecule has 1 aromatic heterocycles. The number of hydrogen-bond acceptors (Lipinski definition) is 11. The predicted molar refractivity (Wildman–Crippen MR) is 213 cm³/mol. The summed E-state index contributed by atoms with van der Waals surface area (Å²) in [5, 5.41) is 23.1. The minimum absolute atomic E-state index is 0.0195. The molecule has 2 saturated heterocycles. The number of amides is 7. The van der Waals surface area contributed by atoms with Gasteiger partial charge in [-0.1, -0.05) is 39.8 Å². The first-order chi connectivity index (χ1) is 27.2. The van der Waals surface area contributed by atoms with E-state index in [9.17, 15) is 43.5 Å². The molecule has 2 aliphatic rings. The zero-order valence-corrected chi connectivity index (χ0v) is 32.8. The Balaban J connectivity index is 1.61. The number of carboxylic acid groups (broad SMARTS) is 1. The number of aliphatic imine (C=N–C) groups is 1. The smallest absolute Gasteiger partial charge is 0.305 e. The number of aromatic amines is 1. The number of para-hydroxylation sites is 1. The molecule has 20 nitrogen and oxygen atoms in total. The Kier molecular flexibility index (Phi) is 16.8. The first-order valence-electron chi connectivity index (χ1n) is 18.4. The van der Waals surface area contributed by atoms with Gasteiger partial charge >= 0.3 is 5.97 Å². The van der Waals surface area contributed by atoms with E-state index in [1.54, 1.807) is 12.3 Å². The fourth-order valence-electron chi connectivity index (χ4n) is 6.39. The van der Waals surface area contributed by atoms with Crippen LogP contribution in [0.1, 0.15) is 50.5 Å². The summed E-state index contributed by atoms with van der Waals surface area (Å²) < 4.78 is 0. The third kappa shape index (κ3) is 13.6. The Morgan fingerprint density at radius 2 is 1.63 bits per heavy atom. The number of primary amides is 1. The van der Waals surface area contributed by atoms with E-state index in [1.165, 1.54) is 26.5 Å². The van der Waals surface area contributed by atoms with Crippen molar-refractivity contribution >= 4 is 85.8 Å². The Labute approximate surface area is 335 Å². The third-order valence-electron chi connectivity index (χ3n) is 9.24. The van der Waals surface area contributed by atoms with Gasteiger partial charge in [0.2, 0.25) is 41.4 Å². The molecule has 0 bridgehead atoms. The summed E-state index contributed by atoms with van der Waals surface area (Å²) in [5.41, 5.74) is 17.8. The number of aliphatic carboxylic acids is 1. The van der Waals surface area contributed by atoms with E-state index in [-0.39, 0.29) is 56.2 Å². The average Bonchev–Trinajstić information content (AvgIpc) is 3.82. The Hall–Kier alpha value is -5.51. The molecule has 2 aromatic rings. The van der Waals surface area contributed by atoms with Crippen molar-refractivity contribution in [3.63, 3.8) is 0 Å². The molecule has 7 amide bonds. The molecular formula is C35H49N11O9S2. The standard InChI is InChI=1S/C35H49N11O9S2/c36-30(51)25-18-57-56-13-10-27(47)42-22(8-3-4-11-39-35(37)38)31(52)41-17-28(48)43-23(15-29(49)50)32(53)44-24(14-19-16-40-21-7-2-1-6-20(19)21)34(55)46-12-5-9-26(46)33(54)45-25/h1-2,6-7,16,22-26,40H,3-5,8-15,17-18H2,(H2,36,51)(H,41,52)(H,42,47)(H,43,48)(H,44,53)(H,45,54)(H,49,50)(H4,37,38,39)/t22-,23-,24-,25+,26+/m1/s1. The number of fused-ring (bicyclic) bond motifs is 2. The summed E-state index contributed by atoms with van der Waals surface area (Å²) in [7, 11) is 2.45. The van der Waals surface area contributed by atoms with Gasteiger partial charge in [-0.25, -0.2) is 0 Å². The Morgan fingerprint density at radius 1 is 0.877 bits per heavy atom. The molecular weight excluding hydrogens is 783 g/mol. The second-order valence-electron chi connectivity index (χ2n) is 13.5. The zero-order valence-electron chi connectivity index (χ0n) is 31.1. The molecule has 5 atom stereocenters. The van der Waals surface area contributed by atoms with E-state index in [2.05, 4.69) is 36.6 Å². The van der Waals surface area contributed by atoms with Gasteiger partial charge in [0.05, 0.1) is 13.0 Å². The molecule has 0 saturated carbocycles. The Bertz CT molecular complexity index is 1840. The highest BCUT2D eigenvalue weighted by atomic mass is 33.1. The number of H-pyrrole nitrogens is 1. The second-order valence-corrected chi connectivity index (χ2v) is 16.1. The maximum Gasteiger partial charge on any atom is 0.305 e. The van der Waals surface area contributed by atoms with E-state index in [4.69, 9.17) is 17.2 Å². The molecule has 22 heteroatoms. The van der Waals surface area contributed by atoms with Gasteiger partial charge in [0, 0.05) is 54.5 Å². The molecule has 0 aliphatic carbocycles. The van der Waals surface area contributed by atoms with Crippen molar-refractivity contribution in [2.24, 2.45) is 22.2 Å². The molecule has 310 valence electrons. The molecule has 3 heterocycles. The van der Waals surface area contributed by atoms with E-state index in [0.717, 1.165) is 10.9 Å². The minimum atomic E-state index is -1.68. The van der Waals surface area contributed by atoms with Crippen LogP contribution in [0.5, 0.6) is 0 Å². The first-order valence-corrected chi connectivity index (χ1v) is 20.9. The van der Waals surface area contributed by atoms with Crippen LogP contribution in [-0.4, -0.2) is 130 Å². The van der Waals surface area contributed by atoms with E-state index >= 15 is 0 Å². The van der Waals surface area contributed by atoms with E-state index < -0.39 is 90.5 Å². The molecule has 2 aliphatic heterocycles. The summed E-state index contributed by atoms with van der Waals surface area (Å²) in [6.07, 6.45) is 2.48. The largest absolute Gasteiger partial charge is 0.481 e. The van der Waals surface area contributed by atoms with Gasteiger partial charge in [-0.2, -0.15) is 0 Å². The lowest BCUT2D eigenvalue weighted by molar-refractivity contribution is -0.143. The number of nitrogens with two attached hydrogens (primary N) is 3. The second kappa shape index (κ2) is 21.7. The van der Waals surface area contributed by atoms with Crippen LogP contribution in [0.25, 0.3) is 10.9 Å². The normalized spacial score (nSPS) is 23.6. The van der Waals surface area contributed by atoms with Crippen LogP contribution in [0.2, 0.25) is 0 Å². The summed E-state index contributed by atoms with van der Waals surface area (Å²) in [5.74, 6) is -6.35. The van der Waals surface area contributed by atoms with Crippen LogP contribution >= 0.6 is 21.6 Å². The zero-order chi connectivity index (χ0) is 41.5. The SMILES string of the molecule is NC(=O)[C@@H]1CSSCCC(=O)N[C@H](CCCCN=C(N)N)C(=O)NCC(=O)N[C@H](CC(=O)O)C(=O)N[C@H](Cc2c[nH]c3ccccc23)C(=O)N2CCC[C@H]2C(=O)N1. The van der Waals surface area contributed by atoms with Crippen molar-refractivity contribution in [1.29, 1.82) is 0 Å². The molecule has 1 aromatic carbocycles. The summed E-state index contributed by atoms with van der Waals surface area (Å²) in [6, 6.07) is 1.07. The monoisotopic (exact) mass is 831 g/mol. The number of nitrogens with one attached hydrogen (secondary N) is 6. The lowest BCUT2D eigenvalue weighted by atomic mass is 10.0. The number of unbranched alkanes of at least 4 members (excludes halogenated alkanes) is 1. The lowest BCUT2D eigenvalue weighted by Crippen LogP contribution is -2.59. The fourth-order valence-corrected chi connectivity index (χ4v) is 8.56. The van der Waals surface area contributed by atoms with E-state index in [1.807, 2.05) is 18.2 Å².